The van der Waals surface area contributed by atoms with Gasteiger partial charge >= 0.3 is 11.9 Å². The summed E-state index contributed by atoms with van der Waals surface area (Å²) < 4.78 is 10.1. The lowest BCUT2D eigenvalue weighted by atomic mass is 9.73. The Morgan fingerprint density at radius 1 is 0.788 bits per heavy atom. The van der Waals surface area contributed by atoms with Crippen LogP contribution in [-0.2, 0) is 29.4 Å². The van der Waals surface area contributed by atoms with Crippen LogP contribution in [0.5, 0.6) is 0 Å². The molecule has 0 aromatic heterocycles. The van der Waals surface area contributed by atoms with E-state index in [1.54, 1.807) is 12.1 Å². The van der Waals surface area contributed by atoms with E-state index in [-0.39, 0.29) is 5.57 Å². The summed E-state index contributed by atoms with van der Waals surface area (Å²) in [7, 11) is 2.44. The molecule has 0 radical (unpaired) electrons. The molecule has 0 saturated heterocycles. The van der Waals surface area contributed by atoms with E-state index < -0.39 is 29.2 Å². The van der Waals surface area contributed by atoms with Gasteiger partial charge in [-0.15, -0.1) is 0 Å². The molecular weight excluding hydrogens is 418 g/mol. The molecule has 1 aliphatic carbocycles. The normalized spacial score (nSPS) is 19.8. The fraction of sp³-hybridized carbons (Fsp3) is 0.148. The zero-order valence-electron chi connectivity index (χ0n) is 18.3. The molecule has 6 nitrogen and oxygen atoms in total. The van der Waals surface area contributed by atoms with Gasteiger partial charge in [0, 0.05) is 11.3 Å². The minimum atomic E-state index is -1.42. The number of carbonyl (C=O) groups excluding carboxylic acids is 3. The number of ether oxygens (including phenoxy) is 2. The Kier molecular flexibility index (Phi) is 6.09. The molecule has 0 heterocycles. The molecule has 0 spiro atoms. The first-order chi connectivity index (χ1) is 16.0. The number of anilines is 1. The number of rotatable bonds is 6. The van der Waals surface area contributed by atoms with Crippen molar-refractivity contribution in [2.24, 2.45) is 5.92 Å². The van der Waals surface area contributed by atoms with Crippen molar-refractivity contribution < 1.29 is 23.9 Å². The third kappa shape index (κ3) is 3.69. The van der Waals surface area contributed by atoms with Crippen LogP contribution < -0.4 is 5.32 Å². The van der Waals surface area contributed by atoms with E-state index in [1.807, 2.05) is 78.9 Å². The van der Waals surface area contributed by atoms with Crippen LogP contribution >= 0.6 is 0 Å². The predicted molar refractivity (Wildman–Crippen MR) is 124 cm³/mol. The maximum absolute atomic E-state index is 13.8. The predicted octanol–water partition coefficient (Wildman–Crippen LogP) is 3.99. The highest BCUT2D eigenvalue weighted by Gasteiger charge is 2.61. The molecule has 2 atom stereocenters. The highest BCUT2D eigenvalue weighted by Crippen LogP contribution is 2.53. The van der Waals surface area contributed by atoms with Gasteiger partial charge in [0.05, 0.1) is 14.2 Å². The summed E-state index contributed by atoms with van der Waals surface area (Å²) in [4.78, 5) is 39.9. The molecule has 0 saturated carbocycles. The number of ketones is 1. The smallest absolute Gasteiger partial charge is 0.341 e. The maximum atomic E-state index is 13.8. The van der Waals surface area contributed by atoms with Crippen LogP contribution in [0.3, 0.4) is 0 Å². The summed E-state index contributed by atoms with van der Waals surface area (Å²) in [5.41, 5.74) is 0.692. The van der Waals surface area contributed by atoms with Gasteiger partial charge in [0.15, 0.2) is 11.7 Å². The second-order valence-electron chi connectivity index (χ2n) is 7.59. The molecule has 6 heteroatoms. The maximum Gasteiger partial charge on any atom is 0.341 e. The zero-order chi connectivity index (χ0) is 23.4. The van der Waals surface area contributed by atoms with Gasteiger partial charge in [-0.3, -0.25) is 9.59 Å². The first kappa shape index (κ1) is 22.0. The van der Waals surface area contributed by atoms with Crippen molar-refractivity contribution >= 4 is 29.0 Å². The van der Waals surface area contributed by atoms with Crippen molar-refractivity contribution in [3.8, 4) is 0 Å². The van der Waals surface area contributed by atoms with Crippen molar-refractivity contribution in [3.63, 3.8) is 0 Å². The Morgan fingerprint density at radius 3 is 1.88 bits per heavy atom. The lowest BCUT2D eigenvalue weighted by Gasteiger charge is -2.38. The molecule has 0 amide bonds. The molecule has 0 unspecified atom stereocenters. The molecule has 33 heavy (non-hydrogen) atoms. The number of hydrogen-bond donors (Lipinski definition) is 1. The average Bonchev–Trinajstić information content (AvgIpc) is 3.13. The van der Waals surface area contributed by atoms with Crippen LogP contribution in [-0.4, -0.2) is 31.9 Å². The van der Waals surface area contributed by atoms with Crippen LogP contribution in [0.4, 0.5) is 5.69 Å². The number of benzene rings is 3. The van der Waals surface area contributed by atoms with E-state index in [0.29, 0.717) is 22.4 Å². The van der Waals surface area contributed by atoms with Crippen LogP contribution in [0.1, 0.15) is 11.1 Å². The Hall–Kier alpha value is -4.19. The molecule has 0 fully saturated rings. The Morgan fingerprint density at radius 2 is 1.33 bits per heavy atom. The summed E-state index contributed by atoms with van der Waals surface area (Å²) in [5, 5.41) is 3.44. The minimum absolute atomic E-state index is 0.175. The van der Waals surface area contributed by atoms with Crippen molar-refractivity contribution in [2.45, 2.75) is 5.54 Å². The molecule has 3 aromatic rings. The zero-order valence-corrected chi connectivity index (χ0v) is 18.3. The largest absolute Gasteiger partial charge is 0.468 e. The summed E-state index contributed by atoms with van der Waals surface area (Å²) >= 11 is 0. The van der Waals surface area contributed by atoms with Crippen molar-refractivity contribution in [1.29, 1.82) is 0 Å². The fourth-order valence-electron chi connectivity index (χ4n) is 4.46. The molecular formula is C27H23NO5. The van der Waals surface area contributed by atoms with Gasteiger partial charge in [-0.25, -0.2) is 4.79 Å². The SMILES string of the molecule is COC(=O)C1=C(c2ccccc2)[C@](Nc2ccccc2)(c2ccccc2)[C@H](C(=O)OC)C1=O. The number of esters is 2. The van der Waals surface area contributed by atoms with Gasteiger partial charge < -0.3 is 14.8 Å². The van der Waals surface area contributed by atoms with Crippen LogP contribution in [0.15, 0.2) is 96.6 Å². The topological polar surface area (TPSA) is 81.7 Å². The van der Waals surface area contributed by atoms with E-state index >= 15 is 0 Å². The van der Waals surface area contributed by atoms with E-state index in [2.05, 4.69) is 5.32 Å². The number of nitrogens with one attached hydrogen (secondary N) is 1. The lowest BCUT2D eigenvalue weighted by molar-refractivity contribution is -0.150. The van der Waals surface area contributed by atoms with Crippen LogP contribution in [0, 0.1) is 5.92 Å². The van der Waals surface area contributed by atoms with Crippen LogP contribution in [0.25, 0.3) is 5.57 Å². The van der Waals surface area contributed by atoms with Gasteiger partial charge in [-0.2, -0.15) is 0 Å². The Balaban J connectivity index is 2.13. The number of carbonyl (C=O) groups is 3. The number of para-hydroxylation sites is 1. The van der Waals surface area contributed by atoms with E-state index in [9.17, 15) is 14.4 Å². The van der Waals surface area contributed by atoms with Gasteiger partial charge in [-0.05, 0) is 23.3 Å². The molecule has 4 rings (SSSR count). The Bertz CT molecular complexity index is 1210. The Labute approximate surface area is 191 Å². The van der Waals surface area contributed by atoms with Gasteiger partial charge in [0.1, 0.15) is 11.1 Å². The molecule has 3 aromatic carbocycles. The molecule has 166 valence electrons. The molecule has 1 aliphatic rings. The number of hydrogen-bond acceptors (Lipinski definition) is 6. The number of methoxy groups -OCH3 is 2. The number of Topliss-reactive ketones (excluding diaryl/α,β-unsaturated/α-hetero) is 1. The van der Waals surface area contributed by atoms with Crippen LogP contribution in [0.2, 0.25) is 0 Å². The summed E-state index contributed by atoms with van der Waals surface area (Å²) in [6.45, 7) is 0. The second-order valence-corrected chi connectivity index (χ2v) is 7.59. The second kappa shape index (κ2) is 9.12. The fourth-order valence-corrected chi connectivity index (χ4v) is 4.46. The summed E-state index contributed by atoms with van der Waals surface area (Å²) in [6.07, 6.45) is 0. The average molecular weight is 441 g/mol. The van der Waals surface area contributed by atoms with Crippen molar-refractivity contribution in [2.75, 3.05) is 19.5 Å². The monoisotopic (exact) mass is 441 g/mol. The van der Waals surface area contributed by atoms with Gasteiger partial charge in [0.25, 0.3) is 0 Å². The third-order valence-corrected chi connectivity index (χ3v) is 5.82. The standard InChI is InChI=1S/C27H23NO5/c1-32-25(30)21-22(18-12-6-3-7-13-18)27(19-14-8-4-9-15-19,23(24(21)29)26(31)33-2)28-20-16-10-5-11-17-20/h3-17,23,28H,1-2H3/t23-,27+/m0/s1. The quantitative estimate of drug-likeness (QED) is 0.354. The third-order valence-electron chi connectivity index (χ3n) is 5.82. The van der Waals surface area contributed by atoms with Gasteiger partial charge in [0.2, 0.25) is 0 Å². The van der Waals surface area contributed by atoms with Crippen molar-refractivity contribution in [3.05, 3.63) is 108 Å². The van der Waals surface area contributed by atoms with E-state index in [1.165, 1.54) is 14.2 Å². The highest BCUT2D eigenvalue weighted by atomic mass is 16.5. The summed E-state index contributed by atoms with van der Waals surface area (Å²) in [6, 6.07) is 27.4. The highest BCUT2D eigenvalue weighted by molar-refractivity contribution is 6.32. The van der Waals surface area contributed by atoms with E-state index in [4.69, 9.17) is 9.47 Å². The first-order valence-electron chi connectivity index (χ1n) is 10.4. The van der Waals surface area contributed by atoms with E-state index in [0.717, 1.165) is 0 Å². The summed E-state index contributed by atoms with van der Waals surface area (Å²) in [5.74, 6) is -3.56. The first-order valence-corrected chi connectivity index (χ1v) is 10.4. The minimum Gasteiger partial charge on any atom is -0.468 e. The molecule has 0 bridgehead atoms. The molecule has 0 aliphatic heterocycles. The lowest BCUT2D eigenvalue weighted by Crippen LogP contribution is -2.47. The van der Waals surface area contributed by atoms with Crippen molar-refractivity contribution in [1.82, 2.24) is 0 Å². The molecule has 1 N–H and O–H groups in total. The van der Waals surface area contributed by atoms with Gasteiger partial charge in [-0.1, -0.05) is 78.9 Å².